The van der Waals surface area contributed by atoms with Crippen LogP contribution in [0.2, 0.25) is 0 Å². The lowest BCUT2D eigenvalue weighted by Crippen LogP contribution is -2.42. The second kappa shape index (κ2) is 9.76. The highest BCUT2D eigenvalue weighted by Gasteiger charge is 2.25. The number of ether oxygens (including phenoxy) is 1. The molecule has 3 rings (SSSR count). The molecule has 0 aliphatic carbocycles. The van der Waals surface area contributed by atoms with Crippen LogP contribution in [0.4, 0.5) is 5.69 Å². The number of benzene rings is 1. The molecule has 0 saturated carbocycles. The third-order valence-electron chi connectivity index (χ3n) is 4.60. The molecule has 1 amide bonds. The van der Waals surface area contributed by atoms with Crippen molar-refractivity contribution in [2.75, 3.05) is 37.7 Å². The van der Waals surface area contributed by atoms with Gasteiger partial charge < -0.3 is 25.4 Å². The summed E-state index contributed by atoms with van der Waals surface area (Å²) in [6.45, 7) is 6.08. The quantitative estimate of drug-likeness (QED) is 0.349. The number of hydrogen-bond acceptors (Lipinski definition) is 5. The van der Waals surface area contributed by atoms with E-state index in [2.05, 4.69) is 15.6 Å². The molecular weight excluding hydrogens is 388 g/mol. The Hall–Kier alpha value is -2.58. The van der Waals surface area contributed by atoms with Crippen molar-refractivity contribution in [3.63, 3.8) is 0 Å². The minimum atomic E-state index is -1.000. The fraction of sp³-hybridized carbons (Fsp3) is 0.429. The molecule has 0 bridgehead atoms. The van der Waals surface area contributed by atoms with Gasteiger partial charge in [-0.1, -0.05) is 18.2 Å². The van der Waals surface area contributed by atoms with Gasteiger partial charge in [0, 0.05) is 24.5 Å². The molecule has 29 heavy (non-hydrogen) atoms. The zero-order valence-corrected chi connectivity index (χ0v) is 17.7. The molecule has 1 atom stereocenters. The van der Waals surface area contributed by atoms with E-state index in [0.717, 1.165) is 29.3 Å². The van der Waals surface area contributed by atoms with Crippen molar-refractivity contribution in [3.8, 4) is 5.75 Å². The van der Waals surface area contributed by atoms with E-state index in [1.165, 1.54) is 11.3 Å². The van der Waals surface area contributed by atoms with E-state index in [4.69, 9.17) is 4.74 Å². The van der Waals surface area contributed by atoms with Crippen molar-refractivity contribution in [1.29, 1.82) is 0 Å². The van der Waals surface area contributed by atoms with Crippen LogP contribution in [0.1, 0.15) is 25.1 Å². The Kier molecular flexibility index (Phi) is 7.11. The Bertz CT molecular complexity index is 836. The van der Waals surface area contributed by atoms with Crippen LogP contribution in [0.5, 0.6) is 5.75 Å². The minimum absolute atomic E-state index is 0.0312. The molecule has 3 N–H and O–H groups in total. The average Bonchev–Trinajstić information content (AvgIpc) is 3.26. The van der Waals surface area contributed by atoms with E-state index in [1.807, 2.05) is 48.7 Å². The maximum Gasteiger partial charge on any atom is 0.265 e. The molecule has 2 aromatic rings. The molecule has 1 aromatic heterocycles. The molecule has 0 saturated heterocycles. The SMILES string of the molecule is CCNC(=NCC(C)(O)c1cccs1)NCCCN1C(=O)COc2ccccc21. The number of guanidine groups is 1. The van der Waals surface area contributed by atoms with Gasteiger partial charge in [0.15, 0.2) is 12.6 Å². The van der Waals surface area contributed by atoms with E-state index in [9.17, 15) is 9.90 Å². The number of aliphatic hydroxyl groups is 1. The van der Waals surface area contributed by atoms with Crippen LogP contribution in [-0.4, -0.2) is 49.8 Å². The monoisotopic (exact) mass is 416 g/mol. The molecule has 1 aliphatic heterocycles. The summed E-state index contributed by atoms with van der Waals surface area (Å²) in [5.41, 5.74) is -0.184. The second-order valence-electron chi connectivity index (χ2n) is 7.03. The van der Waals surface area contributed by atoms with E-state index in [0.29, 0.717) is 19.0 Å². The Morgan fingerprint density at radius 3 is 2.90 bits per heavy atom. The first-order chi connectivity index (χ1) is 14.0. The number of fused-ring (bicyclic) bond motifs is 1. The van der Waals surface area contributed by atoms with Crippen LogP contribution >= 0.6 is 11.3 Å². The van der Waals surface area contributed by atoms with Crippen molar-refractivity contribution >= 4 is 28.9 Å². The molecule has 0 spiro atoms. The number of carbonyl (C=O) groups is 1. The Morgan fingerprint density at radius 2 is 2.14 bits per heavy atom. The molecule has 7 nitrogen and oxygen atoms in total. The van der Waals surface area contributed by atoms with E-state index in [1.54, 1.807) is 11.8 Å². The maximum atomic E-state index is 12.2. The summed E-state index contributed by atoms with van der Waals surface area (Å²) in [7, 11) is 0. The van der Waals surface area contributed by atoms with Gasteiger partial charge in [0.2, 0.25) is 0 Å². The number of anilines is 1. The molecule has 2 heterocycles. The van der Waals surface area contributed by atoms with Gasteiger partial charge in [-0.15, -0.1) is 11.3 Å². The van der Waals surface area contributed by atoms with E-state index < -0.39 is 5.60 Å². The fourth-order valence-corrected chi connectivity index (χ4v) is 3.86. The van der Waals surface area contributed by atoms with Gasteiger partial charge in [-0.05, 0) is 43.8 Å². The highest BCUT2D eigenvalue weighted by molar-refractivity contribution is 7.10. The lowest BCUT2D eigenvalue weighted by atomic mass is 10.1. The highest BCUT2D eigenvalue weighted by Crippen LogP contribution is 2.31. The van der Waals surface area contributed by atoms with Crippen LogP contribution in [-0.2, 0) is 10.4 Å². The van der Waals surface area contributed by atoms with Crippen molar-refractivity contribution in [2.45, 2.75) is 25.9 Å². The number of nitrogens with one attached hydrogen (secondary N) is 2. The number of nitrogens with zero attached hydrogens (tertiary/aromatic N) is 2. The van der Waals surface area contributed by atoms with Gasteiger partial charge in [0.05, 0.1) is 12.2 Å². The lowest BCUT2D eigenvalue weighted by molar-refractivity contribution is -0.121. The number of amides is 1. The lowest BCUT2D eigenvalue weighted by Gasteiger charge is -2.29. The topological polar surface area (TPSA) is 86.2 Å². The number of rotatable bonds is 8. The van der Waals surface area contributed by atoms with Crippen molar-refractivity contribution < 1.29 is 14.6 Å². The molecule has 0 fully saturated rings. The van der Waals surface area contributed by atoms with Crippen LogP contribution < -0.4 is 20.3 Å². The summed E-state index contributed by atoms with van der Waals surface area (Å²) in [6, 6.07) is 11.4. The van der Waals surface area contributed by atoms with Gasteiger partial charge in [0.1, 0.15) is 11.4 Å². The van der Waals surface area contributed by atoms with Crippen molar-refractivity contribution in [1.82, 2.24) is 10.6 Å². The first-order valence-corrected chi connectivity index (χ1v) is 10.7. The fourth-order valence-electron chi connectivity index (χ4n) is 3.08. The number of aliphatic imine (C=N–C) groups is 1. The number of para-hydroxylation sites is 2. The Labute approximate surface area is 175 Å². The predicted octanol–water partition coefficient (Wildman–Crippen LogP) is 2.33. The summed E-state index contributed by atoms with van der Waals surface area (Å²) in [5.74, 6) is 1.36. The summed E-state index contributed by atoms with van der Waals surface area (Å²) in [5, 5.41) is 19.1. The van der Waals surface area contributed by atoms with Gasteiger partial charge in [-0.25, -0.2) is 4.99 Å². The molecule has 156 valence electrons. The Morgan fingerprint density at radius 1 is 1.31 bits per heavy atom. The van der Waals surface area contributed by atoms with Gasteiger partial charge >= 0.3 is 0 Å². The number of carbonyl (C=O) groups excluding carboxylic acids is 1. The van der Waals surface area contributed by atoms with Gasteiger partial charge in [0.25, 0.3) is 5.91 Å². The number of thiophene rings is 1. The molecule has 1 aromatic carbocycles. The van der Waals surface area contributed by atoms with Crippen molar-refractivity contribution in [2.24, 2.45) is 4.99 Å². The normalized spacial score (nSPS) is 16.0. The van der Waals surface area contributed by atoms with Crippen LogP contribution in [0.25, 0.3) is 0 Å². The number of hydrogen-bond donors (Lipinski definition) is 3. The molecule has 1 aliphatic rings. The summed E-state index contributed by atoms with van der Waals surface area (Å²) in [6.07, 6.45) is 0.756. The van der Waals surface area contributed by atoms with E-state index in [-0.39, 0.29) is 19.1 Å². The zero-order valence-electron chi connectivity index (χ0n) is 16.9. The molecular formula is C21H28N4O3S. The van der Waals surface area contributed by atoms with Crippen LogP contribution in [0.15, 0.2) is 46.8 Å². The molecule has 0 radical (unpaired) electrons. The standard InChI is InChI=1S/C21H28N4O3S/c1-3-22-20(24-15-21(2,27)18-10-6-13-29-18)23-11-7-12-25-16-8-4-5-9-17(16)28-14-19(25)26/h4-6,8-10,13,27H,3,7,11-12,14-15H2,1-2H3,(H2,22,23,24). The first kappa shape index (κ1) is 21.1. The van der Waals surface area contributed by atoms with Crippen LogP contribution in [0, 0.1) is 0 Å². The third kappa shape index (κ3) is 5.48. The summed E-state index contributed by atoms with van der Waals surface area (Å²) < 4.78 is 5.48. The minimum Gasteiger partial charge on any atom is -0.482 e. The Balaban J connectivity index is 1.53. The van der Waals surface area contributed by atoms with Crippen molar-refractivity contribution in [3.05, 3.63) is 46.7 Å². The zero-order chi connectivity index (χ0) is 20.7. The maximum absolute atomic E-state index is 12.2. The van der Waals surface area contributed by atoms with Gasteiger partial charge in [-0.3, -0.25) is 4.79 Å². The summed E-state index contributed by atoms with van der Waals surface area (Å²) in [4.78, 5) is 19.4. The van der Waals surface area contributed by atoms with Crippen LogP contribution in [0.3, 0.4) is 0 Å². The molecule has 8 heteroatoms. The first-order valence-electron chi connectivity index (χ1n) is 9.82. The largest absolute Gasteiger partial charge is 0.482 e. The van der Waals surface area contributed by atoms with E-state index >= 15 is 0 Å². The molecule has 1 unspecified atom stereocenters. The summed E-state index contributed by atoms with van der Waals surface area (Å²) >= 11 is 1.52. The third-order valence-corrected chi connectivity index (χ3v) is 5.72. The second-order valence-corrected chi connectivity index (χ2v) is 7.98. The smallest absolute Gasteiger partial charge is 0.265 e. The average molecular weight is 417 g/mol. The predicted molar refractivity (Wildman–Crippen MR) is 117 cm³/mol. The highest BCUT2D eigenvalue weighted by atomic mass is 32.1. The van der Waals surface area contributed by atoms with Gasteiger partial charge in [-0.2, -0.15) is 0 Å².